The minimum atomic E-state index is -0.836. The summed E-state index contributed by atoms with van der Waals surface area (Å²) in [6.07, 6.45) is 7.00. The van der Waals surface area contributed by atoms with Gasteiger partial charge >= 0.3 is 0 Å². The zero-order chi connectivity index (χ0) is 32.9. The topological polar surface area (TPSA) is 95.4 Å². The molecule has 0 radical (unpaired) electrons. The summed E-state index contributed by atoms with van der Waals surface area (Å²) >= 11 is 2.25. The summed E-state index contributed by atoms with van der Waals surface area (Å²) in [6.45, 7) is 15.7. The lowest BCUT2D eigenvalue weighted by atomic mass is 9.56. The molecule has 0 N–H and O–H groups in total. The molecule has 2 spiro atoms. The van der Waals surface area contributed by atoms with Gasteiger partial charge in [-0.25, -0.2) is 19.6 Å². The van der Waals surface area contributed by atoms with Crippen LogP contribution in [0.2, 0.25) is 0 Å². The van der Waals surface area contributed by atoms with Crippen molar-refractivity contribution >= 4 is 28.3 Å². The number of halogens is 1. The van der Waals surface area contributed by atoms with Crippen molar-refractivity contribution in [1.82, 2.24) is 0 Å². The van der Waals surface area contributed by atoms with Gasteiger partial charge in [0.25, 0.3) is 0 Å². The molecule has 10 fully saturated rings. The summed E-state index contributed by atoms with van der Waals surface area (Å²) in [5.41, 5.74) is 0.728. The monoisotopic (exact) mass is 771 g/mol. The van der Waals surface area contributed by atoms with E-state index < -0.39 is 35.4 Å². The molecule has 0 aromatic carbocycles. The van der Waals surface area contributed by atoms with Crippen molar-refractivity contribution in [2.75, 3.05) is 6.61 Å². The van der Waals surface area contributed by atoms with E-state index in [9.17, 15) is 0 Å². The van der Waals surface area contributed by atoms with E-state index in [0.717, 1.165) is 56.2 Å². The van der Waals surface area contributed by atoms with Crippen LogP contribution < -0.4 is 0 Å². The predicted octanol–water partition coefficient (Wildman–Crippen LogP) is 7.59. The van der Waals surface area contributed by atoms with Gasteiger partial charge in [0.15, 0.2) is 23.8 Å². The Bertz CT molecular complexity index is 1280. The third kappa shape index (κ3) is 5.17. The van der Waals surface area contributed by atoms with Crippen LogP contribution in [0.4, 0.5) is 0 Å². The summed E-state index contributed by atoms with van der Waals surface area (Å²) in [5.74, 6) is 0.708. The van der Waals surface area contributed by atoms with Crippen molar-refractivity contribution < 1.29 is 43.3 Å². The lowest BCUT2D eigenvalue weighted by Crippen LogP contribution is -2.71. The van der Waals surface area contributed by atoms with Crippen molar-refractivity contribution in [3.8, 4) is 0 Å². The van der Waals surface area contributed by atoms with Gasteiger partial charge in [-0.15, -0.1) is 0 Å². The number of hydrogen-bond acceptors (Lipinski definition) is 10. The molecular weight excluding hydrogens is 717 g/mol. The molecule has 8 saturated heterocycles. The van der Waals surface area contributed by atoms with Crippen molar-refractivity contribution in [3.05, 3.63) is 9.66 Å². The number of rotatable bonds is 6. The van der Waals surface area contributed by atoms with Gasteiger partial charge < -0.3 is 23.8 Å². The first-order chi connectivity index (χ1) is 22.4. The second kappa shape index (κ2) is 12.1. The highest BCUT2D eigenvalue weighted by atomic mass is 127. The standard InChI is InChI=1S/C36H54INO9/c1-19(17-37)18-39-38-28(30-23(5)27-11-9-21(3)25-13-15-34(7)43-32(41-30)36(25,27)47-45-34)16-29-22(4)26-10-8-20(2)24-12-14-33(6)42-31(40-29)35(24,26)46-44-33/h17,20-27,29-32H,8-16,18H2,1-7H3/b19-17+,38-28-/t20-,21-,22-,23-,24+,25+,26+,27+,29-,30+,31-,32-,33+,34+,35-,36-/m1/s1. The zero-order valence-corrected chi connectivity index (χ0v) is 31.2. The quantitative estimate of drug-likeness (QED) is 0.117. The molecule has 4 bridgehead atoms. The predicted molar refractivity (Wildman–Crippen MR) is 179 cm³/mol. The smallest absolute Gasteiger partial charge is 0.201 e. The van der Waals surface area contributed by atoms with Crippen molar-refractivity contribution in [3.63, 3.8) is 0 Å². The van der Waals surface area contributed by atoms with Crippen LogP contribution in [0.25, 0.3) is 0 Å². The molecule has 0 aromatic rings. The number of nitrogens with zero attached hydrogens (tertiary/aromatic N) is 1. The zero-order valence-electron chi connectivity index (χ0n) is 29.1. The Hall–Kier alpha value is -0.380. The second-order valence-corrected chi connectivity index (χ2v) is 17.4. The lowest BCUT2D eigenvalue weighted by molar-refractivity contribution is -0.571. The van der Waals surface area contributed by atoms with Crippen molar-refractivity contribution in [1.29, 1.82) is 0 Å². The molecule has 11 heteroatoms. The average molecular weight is 772 g/mol. The van der Waals surface area contributed by atoms with E-state index in [4.69, 9.17) is 48.5 Å². The molecule has 10 rings (SSSR count). The molecule has 16 atom stereocenters. The normalized spacial score (nSPS) is 55.5. The van der Waals surface area contributed by atoms with Crippen LogP contribution in [0.1, 0.15) is 106 Å². The summed E-state index contributed by atoms with van der Waals surface area (Å²) < 4.78 is 29.6. The van der Waals surface area contributed by atoms with Gasteiger partial charge in [-0.2, -0.15) is 0 Å². The first-order valence-electron chi connectivity index (χ1n) is 18.3. The first-order valence-corrected chi connectivity index (χ1v) is 19.5. The van der Waals surface area contributed by atoms with E-state index in [1.807, 2.05) is 17.9 Å². The van der Waals surface area contributed by atoms with Crippen LogP contribution in [0.5, 0.6) is 0 Å². The molecule has 8 heterocycles. The molecule has 2 aliphatic carbocycles. The fourth-order valence-electron chi connectivity index (χ4n) is 11.2. The van der Waals surface area contributed by atoms with Gasteiger partial charge in [0.1, 0.15) is 12.7 Å². The van der Waals surface area contributed by atoms with Crippen LogP contribution >= 0.6 is 22.6 Å². The Kier molecular flexibility index (Phi) is 8.69. The molecule has 8 aliphatic heterocycles. The SMILES string of the molecule is C/C(=C\I)CO/N=C(/C[C@H]1O[C@@H]2O[C@]3(C)CC[C@H]4[C@H](C)CC[C@@H]([C@H]1C)[C@@]24OO3)[C@H]1O[C@@H]2O[C@]3(C)CC[C@H]4[C@H](C)CC[C@@H]([C@H]1C)[C@@]24OO3. The average Bonchev–Trinajstić information content (AvgIpc) is 3.42. The van der Waals surface area contributed by atoms with E-state index >= 15 is 0 Å². The van der Waals surface area contributed by atoms with Gasteiger partial charge in [-0.05, 0) is 104 Å². The third-order valence-electron chi connectivity index (χ3n) is 13.9. The fraction of sp³-hybridized carbons (Fsp3) is 0.917. The summed E-state index contributed by atoms with van der Waals surface area (Å²) in [7, 11) is 0. The largest absolute Gasteiger partial charge is 0.391 e. The van der Waals surface area contributed by atoms with Crippen molar-refractivity contribution in [2.24, 2.45) is 52.5 Å². The van der Waals surface area contributed by atoms with Gasteiger partial charge in [0.05, 0.1) is 11.8 Å². The maximum Gasteiger partial charge on any atom is 0.201 e. The highest BCUT2D eigenvalue weighted by Crippen LogP contribution is 2.63. The van der Waals surface area contributed by atoms with Crippen LogP contribution in [0, 0.1) is 47.3 Å². The molecule has 0 amide bonds. The van der Waals surface area contributed by atoms with Crippen molar-refractivity contribution in [2.45, 2.75) is 154 Å². The minimum Gasteiger partial charge on any atom is -0.391 e. The Morgan fingerprint density at radius 3 is 1.87 bits per heavy atom. The van der Waals surface area contributed by atoms with E-state index in [0.29, 0.717) is 36.7 Å². The summed E-state index contributed by atoms with van der Waals surface area (Å²) in [6, 6.07) is 0. The molecule has 10 nitrogen and oxygen atoms in total. The molecule has 2 saturated carbocycles. The van der Waals surface area contributed by atoms with Gasteiger partial charge in [0.2, 0.25) is 11.6 Å². The summed E-state index contributed by atoms with van der Waals surface area (Å²) in [4.78, 5) is 31.1. The highest BCUT2D eigenvalue weighted by Gasteiger charge is 2.71. The molecular formula is C36H54INO9. The molecule has 10 aliphatic rings. The number of oxime groups is 1. The van der Waals surface area contributed by atoms with Crippen LogP contribution in [0.3, 0.4) is 0 Å². The first kappa shape index (κ1) is 33.7. The molecule has 0 aromatic heterocycles. The van der Waals surface area contributed by atoms with Crippen LogP contribution in [-0.4, -0.2) is 59.9 Å². The number of fused-ring (bicyclic) bond motifs is 4. The number of ether oxygens (including phenoxy) is 4. The van der Waals surface area contributed by atoms with Crippen LogP contribution in [0.15, 0.2) is 14.8 Å². The Labute approximate surface area is 293 Å². The Morgan fingerprint density at radius 2 is 1.30 bits per heavy atom. The lowest BCUT2D eigenvalue weighted by Gasteiger charge is -2.61. The molecule has 0 unspecified atom stereocenters. The third-order valence-corrected chi connectivity index (χ3v) is 14.9. The minimum absolute atomic E-state index is 0.102. The Balaban J connectivity index is 1.12. The maximum atomic E-state index is 7.08. The molecule has 264 valence electrons. The van der Waals surface area contributed by atoms with E-state index in [-0.39, 0.29) is 35.9 Å². The van der Waals surface area contributed by atoms with Gasteiger partial charge in [-0.3, -0.25) is 0 Å². The highest BCUT2D eigenvalue weighted by molar-refractivity contribution is 14.1. The second-order valence-electron chi connectivity index (χ2n) is 16.8. The number of hydrogen-bond donors (Lipinski definition) is 0. The Morgan fingerprint density at radius 1 is 0.745 bits per heavy atom. The summed E-state index contributed by atoms with van der Waals surface area (Å²) in [5, 5.41) is 4.89. The van der Waals surface area contributed by atoms with E-state index in [2.05, 4.69) is 57.2 Å². The van der Waals surface area contributed by atoms with E-state index in [1.165, 1.54) is 6.42 Å². The fourth-order valence-corrected chi connectivity index (χ4v) is 11.3. The van der Waals surface area contributed by atoms with E-state index in [1.54, 1.807) is 0 Å². The molecule has 47 heavy (non-hydrogen) atoms. The van der Waals surface area contributed by atoms with Gasteiger partial charge in [-0.1, -0.05) is 55.4 Å². The maximum absolute atomic E-state index is 7.08. The van der Waals surface area contributed by atoms with Crippen LogP contribution in [-0.2, 0) is 43.3 Å². The van der Waals surface area contributed by atoms with Gasteiger partial charge in [0, 0.05) is 31.1 Å².